The number of aliphatic carboxylic acids is 1. The predicted octanol–water partition coefficient (Wildman–Crippen LogP) is 1.64. The molecule has 1 heterocycles. The van der Waals surface area contributed by atoms with Crippen LogP contribution < -0.4 is 5.32 Å². The van der Waals surface area contributed by atoms with Crippen molar-refractivity contribution in [3.8, 4) is 0 Å². The summed E-state index contributed by atoms with van der Waals surface area (Å²) in [5.74, 6) is -0.757. The van der Waals surface area contributed by atoms with E-state index >= 15 is 0 Å². The van der Waals surface area contributed by atoms with Crippen molar-refractivity contribution in [1.82, 2.24) is 15.1 Å². The van der Waals surface area contributed by atoms with Crippen molar-refractivity contribution in [2.75, 3.05) is 40.3 Å². The maximum absolute atomic E-state index is 11.2. The number of likely N-dealkylation sites (N-methyl/N-ethyl adjacent to an activating group) is 2. The molecule has 0 amide bonds. The van der Waals surface area contributed by atoms with Gasteiger partial charge in [-0.3, -0.25) is 9.69 Å². The van der Waals surface area contributed by atoms with Crippen LogP contribution in [0, 0.1) is 0 Å². The molecule has 1 aliphatic heterocycles. The number of rotatable bonds is 8. The van der Waals surface area contributed by atoms with E-state index in [-0.39, 0.29) is 0 Å². The molecule has 0 aliphatic carbocycles. The van der Waals surface area contributed by atoms with Crippen molar-refractivity contribution in [1.29, 1.82) is 0 Å². The minimum absolute atomic E-state index is 0.646. The van der Waals surface area contributed by atoms with Crippen molar-refractivity contribution in [3.63, 3.8) is 0 Å². The first-order valence-electron chi connectivity index (χ1n) is 8.28. The van der Waals surface area contributed by atoms with Crippen LogP contribution in [0.3, 0.4) is 0 Å². The highest BCUT2D eigenvalue weighted by atomic mass is 16.4. The Morgan fingerprint density at radius 1 is 1.38 bits per heavy atom. The summed E-state index contributed by atoms with van der Waals surface area (Å²) >= 11 is 0. The van der Waals surface area contributed by atoms with E-state index in [1.807, 2.05) is 0 Å². The summed E-state index contributed by atoms with van der Waals surface area (Å²) < 4.78 is 0. The molecule has 0 aromatic heterocycles. The maximum atomic E-state index is 11.2. The summed E-state index contributed by atoms with van der Waals surface area (Å²) in [6.07, 6.45) is 5.13. The smallest absolute Gasteiger partial charge is 0.323 e. The molecule has 1 aliphatic rings. The zero-order valence-corrected chi connectivity index (χ0v) is 14.2. The zero-order valence-electron chi connectivity index (χ0n) is 14.2. The van der Waals surface area contributed by atoms with Crippen LogP contribution in [0.25, 0.3) is 0 Å². The predicted molar refractivity (Wildman–Crippen MR) is 86.7 cm³/mol. The van der Waals surface area contributed by atoms with E-state index in [1.54, 1.807) is 14.0 Å². The second-order valence-electron chi connectivity index (χ2n) is 6.56. The van der Waals surface area contributed by atoms with Crippen LogP contribution in [0.15, 0.2) is 0 Å². The van der Waals surface area contributed by atoms with E-state index < -0.39 is 11.5 Å². The summed E-state index contributed by atoms with van der Waals surface area (Å²) in [6.45, 7) is 8.63. The molecule has 124 valence electrons. The summed E-state index contributed by atoms with van der Waals surface area (Å²) in [6, 6.07) is 0.646. The topological polar surface area (TPSA) is 55.8 Å². The molecule has 21 heavy (non-hydrogen) atoms. The summed E-state index contributed by atoms with van der Waals surface area (Å²) in [5.41, 5.74) is -0.789. The van der Waals surface area contributed by atoms with E-state index in [0.29, 0.717) is 12.5 Å². The molecule has 0 aromatic rings. The molecule has 0 spiro atoms. The molecular formula is C16H33N3O2. The Balaban J connectivity index is 2.38. The van der Waals surface area contributed by atoms with Gasteiger partial charge in [0.2, 0.25) is 0 Å². The van der Waals surface area contributed by atoms with Crippen LogP contribution in [0.5, 0.6) is 0 Å². The molecule has 1 saturated heterocycles. The number of hydrogen-bond donors (Lipinski definition) is 2. The molecule has 5 heteroatoms. The number of carbonyl (C=O) groups is 1. The van der Waals surface area contributed by atoms with Gasteiger partial charge in [0.1, 0.15) is 5.54 Å². The van der Waals surface area contributed by atoms with Crippen LogP contribution in [0.1, 0.15) is 46.0 Å². The van der Waals surface area contributed by atoms with Gasteiger partial charge in [0.05, 0.1) is 0 Å². The highest BCUT2D eigenvalue weighted by Crippen LogP contribution is 2.16. The Kier molecular flexibility index (Phi) is 7.63. The Morgan fingerprint density at radius 3 is 2.67 bits per heavy atom. The molecule has 0 bridgehead atoms. The fourth-order valence-electron chi connectivity index (χ4n) is 3.11. The fraction of sp³-hybridized carbons (Fsp3) is 0.938. The normalized spacial score (nSPS) is 24.5. The fourth-order valence-corrected chi connectivity index (χ4v) is 3.11. The first-order valence-corrected chi connectivity index (χ1v) is 8.28. The van der Waals surface area contributed by atoms with Crippen LogP contribution in [0.4, 0.5) is 0 Å². The van der Waals surface area contributed by atoms with Crippen molar-refractivity contribution in [3.05, 3.63) is 0 Å². The molecule has 2 unspecified atom stereocenters. The highest BCUT2D eigenvalue weighted by molar-refractivity contribution is 5.78. The Hall–Kier alpha value is -0.650. The van der Waals surface area contributed by atoms with Gasteiger partial charge in [0, 0.05) is 12.6 Å². The average molecular weight is 299 g/mol. The third-order valence-electron chi connectivity index (χ3n) is 4.89. The molecule has 1 fully saturated rings. The van der Waals surface area contributed by atoms with Gasteiger partial charge in [-0.25, -0.2) is 0 Å². The number of carboxylic acid groups (broad SMARTS) is 1. The molecule has 5 nitrogen and oxygen atoms in total. The van der Waals surface area contributed by atoms with Crippen LogP contribution >= 0.6 is 0 Å². The molecule has 1 rings (SSSR count). The molecule has 2 N–H and O–H groups in total. The Morgan fingerprint density at radius 2 is 2.10 bits per heavy atom. The number of hydrogen-bond acceptors (Lipinski definition) is 4. The highest BCUT2D eigenvalue weighted by Gasteiger charge is 2.30. The van der Waals surface area contributed by atoms with E-state index in [9.17, 15) is 9.90 Å². The Labute approximate surface area is 129 Å². The largest absolute Gasteiger partial charge is 0.480 e. The van der Waals surface area contributed by atoms with Crippen LogP contribution in [-0.2, 0) is 4.79 Å². The molecule has 0 saturated carbocycles. The lowest BCUT2D eigenvalue weighted by atomic mass is 9.95. The van der Waals surface area contributed by atoms with Gasteiger partial charge in [-0.1, -0.05) is 6.92 Å². The SMILES string of the molecule is CCC1CN(C)CCCN1CCCCC(C)(NC)C(=O)O. The third kappa shape index (κ3) is 5.57. The van der Waals surface area contributed by atoms with Crippen LogP contribution in [0.2, 0.25) is 0 Å². The molecular weight excluding hydrogens is 266 g/mol. The Bertz CT molecular complexity index is 325. The minimum atomic E-state index is -0.789. The van der Waals surface area contributed by atoms with Crippen molar-refractivity contribution < 1.29 is 9.90 Å². The second-order valence-corrected chi connectivity index (χ2v) is 6.56. The van der Waals surface area contributed by atoms with E-state index in [2.05, 4.69) is 29.1 Å². The molecule has 0 radical (unpaired) electrons. The molecule has 0 aromatic carbocycles. The monoisotopic (exact) mass is 299 g/mol. The number of unbranched alkanes of at least 4 members (excludes halogenated alkanes) is 1. The van der Waals surface area contributed by atoms with Crippen LogP contribution in [-0.4, -0.2) is 72.7 Å². The standard InChI is InChI=1S/C16H33N3O2/c1-5-14-13-18(4)10-8-12-19(14)11-7-6-9-16(2,17-3)15(20)21/h14,17H,5-13H2,1-4H3,(H,20,21). The average Bonchev–Trinajstić information content (AvgIpc) is 2.64. The number of carboxylic acids is 1. The summed E-state index contributed by atoms with van der Waals surface area (Å²) in [7, 11) is 3.93. The zero-order chi connectivity index (χ0) is 15.9. The van der Waals surface area contributed by atoms with E-state index in [1.165, 1.54) is 25.9 Å². The molecule has 2 atom stereocenters. The van der Waals surface area contributed by atoms with Gasteiger partial charge in [0.15, 0.2) is 0 Å². The first kappa shape index (κ1) is 18.4. The van der Waals surface area contributed by atoms with Gasteiger partial charge < -0.3 is 15.3 Å². The van der Waals surface area contributed by atoms with Crippen molar-refractivity contribution in [2.24, 2.45) is 0 Å². The number of nitrogens with one attached hydrogen (secondary N) is 1. The number of nitrogens with zero attached hydrogens (tertiary/aromatic N) is 2. The lowest BCUT2D eigenvalue weighted by Crippen LogP contribution is -2.47. The van der Waals surface area contributed by atoms with Gasteiger partial charge in [-0.05, 0) is 72.8 Å². The van der Waals surface area contributed by atoms with E-state index in [0.717, 1.165) is 25.9 Å². The summed E-state index contributed by atoms with van der Waals surface area (Å²) in [5, 5.41) is 12.2. The minimum Gasteiger partial charge on any atom is -0.480 e. The van der Waals surface area contributed by atoms with Gasteiger partial charge in [-0.15, -0.1) is 0 Å². The van der Waals surface area contributed by atoms with Gasteiger partial charge >= 0.3 is 5.97 Å². The summed E-state index contributed by atoms with van der Waals surface area (Å²) in [4.78, 5) is 16.3. The van der Waals surface area contributed by atoms with Crippen molar-refractivity contribution in [2.45, 2.75) is 57.5 Å². The first-order chi connectivity index (χ1) is 9.92. The quantitative estimate of drug-likeness (QED) is 0.667. The second kappa shape index (κ2) is 8.71. The van der Waals surface area contributed by atoms with Gasteiger partial charge in [0.25, 0.3) is 0 Å². The van der Waals surface area contributed by atoms with Crippen molar-refractivity contribution >= 4 is 5.97 Å². The lowest BCUT2D eigenvalue weighted by molar-refractivity contribution is -0.144. The van der Waals surface area contributed by atoms with E-state index in [4.69, 9.17) is 0 Å². The third-order valence-corrected chi connectivity index (χ3v) is 4.89. The maximum Gasteiger partial charge on any atom is 0.323 e. The van der Waals surface area contributed by atoms with Gasteiger partial charge in [-0.2, -0.15) is 0 Å². The lowest BCUT2D eigenvalue weighted by Gasteiger charge is -2.30.